The summed E-state index contributed by atoms with van der Waals surface area (Å²) in [4.78, 5) is 13.8. The minimum Gasteiger partial charge on any atom is -1.00 e. The van der Waals surface area contributed by atoms with Crippen molar-refractivity contribution in [2.24, 2.45) is 0 Å². The molecule has 66 valence electrons. The maximum absolute atomic E-state index is 11.0. The van der Waals surface area contributed by atoms with Gasteiger partial charge in [-0.05, 0) is 0 Å². The van der Waals surface area contributed by atoms with E-state index >= 15 is 0 Å². The van der Waals surface area contributed by atoms with Crippen molar-refractivity contribution < 1.29 is 39.0 Å². The SMILES string of the molecule is CN(O)C(=O)c1cc[nH+]cc1.[I-]. The zero-order chi connectivity index (χ0) is 8.27. The van der Waals surface area contributed by atoms with Gasteiger partial charge in [0.15, 0.2) is 12.4 Å². The van der Waals surface area contributed by atoms with Gasteiger partial charge in [0.25, 0.3) is 5.91 Å². The van der Waals surface area contributed by atoms with Gasteiger partial charge in [-0.15, -0.1) is 0 Å². The molecule has 0 aliphatic heterocycles. The van der Waals surface area contributed by atoms with Crippen molar-refractivity contribution >= 4 is 5.91 Å². The van der Waals surface area contributed by atoms with Gasteiger partial charge in [0.1, 0.15) is 0 Å². The molecule has 1 amide bonds. The van der Waals surface area contributed by atoms with Crippen molar-refractivity contribution in [3.8, 4) is 0 Å². The van der Waals surface area contributed by atoms with Gasteiger partial charge < -0.3 is 24.0 Å². The van der Waals surface area contributed by atoms with Crippen LogP contribution in [0.1, 0.15) is 10.4 Å². The Bertz CT molecular complexity index is 251. The van der Waals surface area contributed by atoms with Gasteiger partial charge in [0, 0.05) is 19.2 Å². The first kappa shape index (κ1) is 11.3. The van der Waals surface area contributed by atoms with E-state index in [0.717, 1.165) is 0 Å². The van der Waals surface area contributed by atoms with Crippen LogP contribution in [-0.2, 0) is 0 Å². The third kappa shape index (κ3) is 2.74. The summed E-state index contributed by atoms with van der Waals surface area (Å²) in [5, 5.41) is 9.30. The Kier molecular flexibility index (Phi) is 4.75. The van der Waals surface area contributed by atoms with E-state index in [1.807, 2.05) is 0 Å². The van der Waals surface area contributed by atoms with Gasteiger partial charge in [-0.3, -0.25) is 10.0 Å². The molecule has 12 heavy (non-hydrogen) atoms. The van der Waals surface area contributed by atoms with E-state index < -0.39 is 5.91 Å². The zero-order valence-electron chi connectivity index (χ0n) is 6.49. The van der Waals surface area contributed by atoms with Crippen LogP contribution in [0.4, 0.5) is 0 Å². The van der Waals surface area contributed by atoms with Crippen molar-refractivity contribution in [3.05, 3.63) is 30.1 Å². The van der Waals surface area contributed by atoms with Gasteiger partial charge in [-0.1, -0.05) is 0 Å². The molecular formula is C7H9IN2O2. The molecule has 0 radical (unpaired) electrons. The number of nitrogens with zero attached hydrogens (tertiary/aromatic N) is 1. The highest BCUT2D eigenvalue weighted by molar-refractivity contribution is 5.92. The average Bonchev–Trinajstić information content (AvgIpc) is 2.05. The molecule has 2 N–H and O–H groups in total. The lowest BCUT2D eigenvalue weighted by molar-refractivity contribution is -0.378. The molecule has 1 heterocycles. The van der Waals surface area contributed by atoms with Crippen LogP contribution in [0.15, 0.2) is 24.5 Å². The predicted octanol–water partition coefficient (Wildman–Crippen LogP) is -3.03. The molecule has 5 heteroatoms. The summed E-state index contributed by atoms with van der Waals surface area (Å²) < 4.78 is 0. The highest BCUT2D eigenvalue weighted by Gasteiger charge is 2.08. The molecule has 0 atom stereocenters. The van der Waals surface area contributed by atoms with E-state index in [-0.39, 0.29) is 24.0 Å². The van der Waals surface area contributed by atoms with E-state index in [2.05, 4.69) is 4.98 Å². The molecular weight excluding hydrogens is 271 g/mol. The second-order valence-corrected chi connectivity index (χ2v) is 2.12. The Balaban J connectivity index is 0.00000121. The highest BCUT2D eigenvalue weighted by atomic mass is 127. The van der Waals surface area contributed by atoms with E-state index in [9.17, 15) is 4.79 Å². The highest BCUT2D eigenvalue weighted by Crippen LogP contribution is 1.96. The molecule has 0 saturated carbocycles. The van der Waals surface area contributed by atoms with Crippen LogP contribution >= 0.6 is 0 Å². The lowest BCUT2D eigenvalue weighted by Crippen LogP contribution is -3.00. The summed E-state index contributed by atoms with van der Waals surface area (Å²) in [6, 6.07) is 3.18. The lowest BCUT2D eigenvalue weighted by Gasteiger charge is -2.05. The van der Waals surface area contributed by atoms with Gasteiger partial charge in [-0.2, -0.15) is 0 Å². The first-order valence-electron chi connectivity index (χ1n) is 3.15. The Morgan fingerprint density at radius 1 is 1.50 bits per heavy atom. The Labute approximate surface area is 87.2 Å². The average molecular weight is 280 g/mol. The molecule has 1 aromatic rings. The molecule has 0 unspecified atom stereocenters. The fraction of sp³-hybridized carbons (Fsp3) is 0.143. The smallest absolute Gasteiger partial charge is 0.277 e. The number of hydrogen-bond donors (Lipinski definition) is 1. The van der Waals surface area contributed by atoms with Crippen LogP contribution in [0.2, 0.25) is 0 Å². The molecule has 0 spiro atoms. The monoisotopic (exact) mass is 280 g/mol. The van der Waals surface area contributed by atoms with Crippen molar-refractivity contribution in [1.29, 1.82) is 0 Å². The standard InChI is InChI=1S/C7H8N2O2.HI/c1-9(11)7(10)6-2-4-8-5-3-6;/h2-5,11H,1H3;1H. The first-order valence-corrected chi connectivity index (χ1v) is 3.15. The summed E-state index contributed by atoms with van der Waals surface area (Å²) >= 11 is 0. The number of carbonyl (C=O) groups excluding carboxylic acids is 1. The molecule has 0 aromatic carbocycles. The molecule has 0 aliphatic rings. The molecule has 4 nitrogen and oxygen atoms in total. The number of aromatic nitrogens is 1. The number of pyridine rings is 1. The molecule has 1 rings (SSSR count). The van der Waals surface area contributed by atoms with Crippen LogP contribution < -0.4 is 29.0 Å². The molecule has 1 aromatic heterocycles. The fourth-order valence-electron chi connectivity index (χ4n) is 0.716. The quantitative estimate of drug-likeness (QED) is 0.338. The number of nitrogens with one attached hydrogen (secondary N) is 1. The topological polar surface area (TPSA) is 54.7 Å². The van der Waals surface area contributed by atoms with Crippen molar-refractivity contribution in [2.45, 2.75) is 0 Å². The van der Waals surface area contributed by atoms with E-state index in [1.54, 1.807) is 24.5 Å². The summed E-state index contributed by atoms with van der Waals surface area (Å²) in [6.07, 6.45) is 3.24. The summed E-state index contributed by atoms with van der Waals surface area (Å²) in [7, 11) is 1.29. The third-order valence-electron chi connectivity index (χ3n) is 1.26. The van der Waals surface area contributed by atoms with Crippen molar-refractivity contribution in [3.63, 3.8) is 0 Å². The normalized spacial score (nSPS) is 8.50. The second kappa shape index (κ2) is 5.04. The summed E-state index contributed by atoms with van der Waals surface area (Å²) in [6.45, 7) is 0. The number of H-pyrrole nitrogens is 1. The third-order valence-corrected chi connectivity index (χ3v) is 1.26. The van der Waals surface area contributed by atoms with Crippen LogP contribution in [0.3, 0.4) is 0 Å². The Morgan fingerprint density at radius 2 is 2.00 bits per heavy atom. The minimum absolute atomic E-state index is 0. The zero-order valence-corrected chi connectivity index (χ0v) is 8.65. The lowest BCUT2D eigenvalue weighted by atomic mass is 10.2. The molecule has 0 bridgehead atoms. The molecule has 0 saturated heterocycles. The number of rotatable bonds is 1. The summed E-state index contributed by atoms with van der Waals surface area (Å²) in [5.41, 5.74) is 0.453. The Morgan fingerprint density at radius 3 is 2.42 bits per heavy atom. The summed E-state index contributed by atoms with van der Waals surface area (Å²) in [5.74, 6) is -0.418. The van der Waals surface area contributed by atoms with Gasteiger partial charge >= 0.3 is 0 Å². The van der Waals surface area contributed by atoms with E-state index in [1.165, 1.54) is 7.05 Å². The predicted molar refractivity (Wildman–Crippen MR) is 36.9 cm³/mol. The molecule has 0 fully saturated rings. The number of amides is 1. The number of hydrogen-bond acceptors (Lipinski definition) is 2. The van der Waals surface area contributed by atoms with Crippen LogP contribution in [0.5, 0.6) is 0 Å². The number of aromatic amines is 1. The van der Waals surface area contributed by atoms with E-state index in [4.69, 9.17) is 5.21 Å². The largest absolute Gasteiger partial charge is 1.00 e. The fourth-order valence-corrected chi connectivity index (χ4v) is 0.716. The number of halogens is 1. The maximum atomic E-state index is 11.0. The minimum atomic E-state index is -0.418. The van der Waals surface area contributed by atoms with Gasteiger partial charge in [0.2, 0.25) is 0 Å². The van der Waals surface area contributed by atoms with E-state index in [0.29, 0.717) is 10.6 Å². The van der Waals surface area contributed by atoms with Crippen LogP contribution in [-0.4, -0.2) is 23.2 Å². The van der Waals surface area contributed by atoms with Crippen molar-refractivity contribution in [1.82, 2.24) is 5.06 Å². The Hall–Kier alpha value is -0.690. The number of hydroxylamine groups is 2. The van der Waals surface area contributed by atoms with Crippen molar-refractivity contribution in [2.75, 3.05) is 7.05 Å². The second-order valence-electron chi connectivity index (χ2n) is 2.12. The van der Waals surface area contributed by atoms with Gasteiger partial charge in [-0.25, -0.2) is 10.0 Å². The maximum Gasteiger partial charge on any atom is 0.277 e. The van der Waals surface area contributed by atoms with Crippen LogP contribution in [0, 0.1) is 0 Å². The van der Waals surface area contributed by atoms with Crippen LogP contribution in [0.25, 0.3) is 0 Å². The number of carbonyl (C=O) groups is 1. The first-order chi connectivity index (χ1) is 5.22. The molecule has 0 aliphatic carbocycles. The van der Waals surface area contributed by atoms with Gasteiger partial charge in [0.05, 0.1) is 5.56 Å².